The van der Waals surface area contributed by atoms with E-state index in [-0.39, 0.29) is 16.7 Å². The fourth-order valence-corrected chi connectivity index (χ4v) is 2.25. The van der Waals surface area contributed by atoms with Crippen LogP contribution in [0.2, 0.25) is 5.02 Å². The van der Waals surface area contributed by atoms with E-state index < -0.39 is 0 Å². The van der Waals surface area contributed by atoms with Gasteiger partial charge in [0.2, 0.25) is 5.91 Å². The van der Waals surface area contributed by atoms with Gasteiger partial charge in [-0.3, -0.25) is 4.79 Å². The molecule has 5 heteroatoms. The molecule has 2 N–H and O–H groups in total. The lowest BCUT2D eigenvalue weighted by Crippen LogP contribution is -2.13. The van der Waals surface area contributed by atoms with Crippen molar-refractivity contribution in [1.82, 2.24) is 0 Å². The van der Waals surface area contributed by atoms with Gasteiger partial charge in [0, 0.05) is 10.6 Å². The van der Waals surface area contributed by atoms with Gasteiger partial charge in [-0.1, -0.05) is 17.7 Å². The normalized spacial score (nSPS) is 10.2. The molecule has 0 atom stereocenters. The lowest BCUT2D eigenvalue weighted by Gasteiger charge is -2.05. The van der Waals surface area contributed by atoms with E-state index in [2.05, 4.69) is 5.32 Å². The summed E-state index contributed by atoms with van der Waals surface area (Å²) >= 11 is 7.28. The van der Waals surface area contributed by atoms with E-state index in [0.29, 0.717) is 12.1 Å². The van der Waals surface area contributed by atoms with Gasteiger partial charge in [-0.25, -0.2) is 0 Å². The topological polar surface area (TPSA) is 49.3 Å². The molecule has 0 radical (unpaired) electrons. The smallest absolute Gasteiger partial charge is 0.229 e. The molecule has 2 aromatic rings. The molecule has 0 aliphatic carbocycles. The summed E-state index contributed by atoms with van der Waals surface area (Å²) in [5.41, 5.74) is 0.578. The summed E-state index contributed by atoms with van der Waals surface area (Å²) in [6, 6.07) is 8.39. The number of thiophene rings is 1. The number of phenols is 1. The molecule has 0 aliphatic rings. The average molecular weight is 268 g/mol. The zero-order valence-corrected chi connectivity index (χ0v) is 10.4. The Morgan fingerprint density at radius 3 is 2.88 bits per heavy atom. The van der Waals surface area contributed by atoms with Gasteiger partial charge in [-0.2, -0.15) is 0 Å². The van der Waals surface area contributed by atoms with Crippen LogP contribution in [0, 0.1) is 0 Å². The summed E-state index contributed by atoms with van der Waals surface area (Å²) in [6.45, 7) is 0. The minimum Gasteiger partial charge on any atom is -0.506 e. The van der Waals surface area contributed by atoms with Crippen LogP contribution >= 0.6 is 22.9 Å². The van der Waals surface area contributed by atoms with E-state index in [0.717, 1.165) is 4.88 Å². The van der Waals surface area contributed by atoms with Gasteiger partial charge >= 0.3 is 0 Å². The second-order valence-electron chi connectivity index (χ2n) is 3.47. The molecule has 0 saturated heterocycles. The van der Waals surface area contributed by atoms with Crippen molar-refractivity contribution in [3.8, 4) is 5.75 Å². The largest absolute Gasteiger partial charge is 0.506 e. The quantitative estimate of drug-likeness (QED) is 0.839. The fourth-order valence-electron chi connectivity index (χ4n) is 1.36. The second kappa shape index (κ2) is 5.21. The zero-order chi connectivity index (χ0) is 12.3. The molecule has 17 heavy (non-hydrogen) atoms. The van der Waals surface area contributed by atoms with Crippen molar-refractivity contribution in [2.24, 2.45) is 0 Å². The van der Waals surface area contributed by atoms with E-state index in [4.69, 9.17) is 11.6 Å². The highest BCUT2D eigenvalue weighted by atomic mass is 35.5. The maximum Gasteiger partial charge on any atom is 0.229 e. The number of aromatic hydroxyl groups is 1. The number of hydrogen-bond donors (Lipinski definition) is 2. The summed E-state index contributed by atoms with van der Waals surface area (Å²) in [4.78, 5) is 12.7. The van der Waals surface area contributed by atoms with E-state index in [1.54, 1.807) is 17.4 Å². The summed E-state index contributed by atoms with van der Waals surface area (Å²) in [7, 11) is 0. The van der Waals surface area contributed by atoms with E-state index >= 15 is 0 Å². The van der Waals surface area contributed by atoms with Crippen molar-refractivity contribution in [3.63, 3.8) is 0 Å². The third kappa shape index (κ3) is 3.22. The molecule has 1 amide bonds. The number of nitrogens with one attached hydrogen (secondary N) is 1. The van der Waals surface area contributed by atoms with Crippen molar-refractivity contribution in [2.75, 3.05) is 5.32 Å². The highest BCUT2D eigenvalue weighted by Gasteiger charge is 2.06. The monoisotopic (exact) mass is 267 g/mol. The van der Waals surface area contributed by atoms with Crippen LogP contribution in [0.1, 0.15) is 4.88 Å². The first-order valence-electron chi connectivity index (χ1n) is 4.96. The summed E-state index contributed by atoms with van der Waals surface area (Å²) in [5.74, 6) is -0.0999. The standard InChI is InChI=1S/C12H10ClNO2S/c13-10-6-8(3-4-11(10)15)14-12(16)7-9-2-1-5-17-9/h1-6,15H,7H2,(H,14,16). The molecule has 1 aromatic heterocycles. The molecule has 1 heterocycles. The van der Waals surface area contributed by atoms with Crippen LogP contribution in [0.25, 0.3) is 0 Å². The number of anilines is 1. The second-order valence-corrected chi connectivity index (χ2v) is 4.91. The minimum atomic E-state index is -0.103. The highest BCUT2D eigenvalue weighted by molar-refractivity contribution is 7.10. The number of hydrogen-bond acceptors (Lipinski definition) is 3. The van der Waals surface area contributed by atoms with Gasteiger partial charge in [0.1, 0.15) is 5.75 Å². The molecule has 0 saturated carbocycles. The van der Waals surface area contributed by atoms with Crippen LogP contribution in [-0.4, -0.2) is 11.0 Å². The zero-order valence-electron chi connectivity index (χ0n) is 8.81. The Hall–Kier alpha value is -1.52. The van der Waals surface area contributed by atoms with Gasteiger partial charge in [0.05, 0.1) is 11.4 Å². The van der Waals surface area contributed by atoms with E-state index in [9.17, 15) is 9.90 Å². The summed E-state index contributed by atoms with van der Waals surface area (Å²) in [5, 5.41) is 14.1. The number of benzene rings is 1. The number of phenolic OH excluding ortho intramolecular Hbond substituents is 1. The van der Waals surface area contributed by atoms with Crippen molar-refractivity contribution in [3.05, 3.63) is 45.6 Å². The third-order valence-electron chi connectivity index (χ3n) is 2.15. The first-order chi connectivity index (χ1) is 8.15. The predicted octanol–water partition coefficient (Wildman–Crippen LogP) is 3.29. The molecular formula is C12H10ClNO2S. The van der Waals surface area contributed by atoms with Crippen molar-refractivity contribution >= 4 is 34.5 Å². The Labute approximate surface area is 108 Å². The predicted molar refractivity (Wildman–Crippen MR) is 69.8 cm³/mol. The van der Waals surface area contributed by atoms with Crippen LogP contribution in [0.5, 0.6) is 5.75 Å². The Morgan fingerprint density at radius 2 is 2.24 bits per heavy atom. The van der Waals surface area contributed by atoms with E-state index in [1.807, 2.05) is 17.5 Å². The molecular weight excluding hydrogens is 258 g/mol. The fraction of sp³-hybridized carbons (Fsp3) is 0.0833. The maximum absolute atomic E-state index is 11.7. The van der Waals surface area contributed by atoms with Gasteiger partial charge in [0.15, 0.2) is 0 Å². The van der Waals surface area contributed by atoms with Crippen molar-refractivity contribution in [2.45, 2.75) is 6.42 Å². The van der Waals surface area contributed by atoms with Crippen LogP contribution in [0.15, 0.2) is 35.7 Å². The Morgan fingerprint density at radius 1 is 1.41 bits per heavy atom. The molecule has 0 fully saturated rings. The van der Waals surface area contributed by atoms with Crippen LogP contribution in [0.4, 0.5) is 5.69 Å². The molecule has 3 nitrogen and oxygen atoms in total. The highest BCUT2D eigenvalue weighted by Crippen LogP contribution is 2.26. The summed E-state index contributed by atoms with van der Waals surface area (Å²) in [6.07, 6.45) is 0.343. The van der Waals surface area contributed by atoms with Gasteiger partial charge < -0.3 is 10.4 Å². The van der Waals surface area contributed by atoms with Crippen molar-refractivity contribution < 1.29 is 9.90 Å². The SMILES string of the molecule is O=C(Cc1cccs1)Nc1ccc(O)c(Cl)c1. The lowest BCUT2D eigenvalue weighted by molar-refractivity contribution is -0.115. The minimum absolute atomic E-state index is 0.00271. The van der Waals surface area contributed by atoms with Gasteiger partial charge in [-0.05, 0) is 29.6 Å². The number of carbonyl (C=O) groups is 1. The molecule has 88 valence electrons. The van der Waals surface area contributed by atoms with Crippen molar-refractivity contribution in [1.29, 1.82) is 0 Å². The Bertz CT molecular complexity index is 525. The maximum atomic E-state index is 11.7. The third-order valence-corrected chi connectivity index (χ3v) is 3.33. The Balaban J connectivity index is 2.00. The number of amides is 1. The van der Waals surface area contributed by atoms with Crippen LogP contribution in [-0.2, 0) is 11.2 Å². The average Bonchev–Trinajstić information content (AvgIpc) is 2.76. The van der Waals surface area contributed by atoms with Crippen LogP contribution in [0.3, 0.4) is 0 Å². The molecule has 0 aliphatic heterocycles. The first-order valence-corrected chi connectivity index (χ1v) is 6.21. The lowest BCUT2D eigenvalue weighted by atomic mass is 10.2. The molecule has 0 bridgehead atoms. The molecule has 0 unspecified atom stereocenters. The number of rotatable bonds is 3. The van der Waals surface area contributed by atoms with E-state index in [1.165, 1.54) is 12.1 Å². The Kier molecular flexibility index (Phi) is 3.66. The molecule has 0 spiro atoms. The van der Waals surface area contributed by atoms with Gasteiger partial charge in [-0.15, -0.1) is 11.3 Å². The number of carbonyl (C=O) groups excluding carboxylic acids is 1. The first kappa shape index (κ1) is 12.0. The summed E-state index contributed by atoms with van der Waals surface area (Å²) < 4.78 is 0. The van der Waals surface area contributed by atoms with Crippen LogP contribution < -0.4 is 5.32 Å². The number of halogens is 1. The molecule has 1 aromatic carbocycles. The molecule has 2 rings (SSSR count). The van der Waals surface area contributed by atoms with Gasteiger partial charge in [0.25, 0.3) is 0 Å².